The van der Waals surface area contributed by atoms with Crippen molar-refractivity contribution < 1.29 is 9.53 Å². The molecule has 0 radical (unpaired) electrons. The Bertz CT molecular complexity index is 733. The van der Waals surface area contributed by atoms with Gasteiger partial charge in [-0.25, -0.2) is 0 Å². The van der Waals surface area contributed by atoms with Gasteiger partial charge in [0, 0.05) is 5.56 Å². The number of benzene rings is 1. The summed E-state index contributed by atoms with van der Waals surface area (Å²) >= 11 is 0. The summed E-state index contributed by atoms with van der Waals surface area (Å²) in [5, 5.41) is 22.1. The lowest BCUT2D eigenvalue weighted by Gasteiger charge is -2.00. The number of nitrogens with one attached hydrogen (secondary N) is 3. The van der Waals surface area contributed by atoms with E-state index in [1.807, 2.05) is 24.3 Å². The van der Waals surface area contributed by atoms with Crippen LogP contribution in [0.4, 0.5) is 5.95 Å². The zero-order valence-electron chi connectivity index (χ0n) is 11.0. The Labute approximate surface area is 118 Å². The van der Waals surface area contributed by atoms with Crippen molar-refractivity contribution in [2.75, 3.05) is 12.4 Å². The molecule has 9 nitrogen and oxygen atoms in total. The lowest BCUT2D eigenvalue weighted by atomic mass is 10.1. The molecule has 0 bridgehead atoms. The van der Waals surface area contributed by atoms with Gasteiger partial charge in [-0.15, -0.1) is 5.10 Å². The first-order valence-electron chi connectivity index (χ1n) is 6.01. The number of ether oxygens (including phenoxy) is 1. The van der Waals surface area contributed by atoms with Gasteiger partial charge in [-0.2, -0.15) is 10.3 Å². The van der Waals surface area contributed by atoms with Gasteiger partial charge in [-0.05, 0) is 35.5 Å². The quantitative estimate of drug-likeness (QED) is 0.653. The standard InChI is InChI=1S/C12H11N7O2/c1-21-8-4-2-7(3-5-8)9-6-10(15-14-9)11(20)13-12-16-18-19-17-12/h2-6H,1H3,(H,14,15)(H2,13,16,17,18,19,20). The topological polar surface area (TPSA) is 121 Å². The van der Waals surface area contributed by atoms with Crippen molar-refractivity contribution in [3.63, 3.8) is 0 Å². The molecule has 3 N–H and O–H groups in total. The average molecular weight is 285 g/mol. The van der Waals surface area contributed by atoms with Gasteiger partial charge in [0.15, 0.2) is 0 Å². The van der Waals surface area contributed by atoms with Crippen LogP contribution in [-0.2, 0) is 0 Å². The number of nitrogens with zero attached hydrogens (tertiary/aromatic N) is 4. The highest BCUT2D eigenvalue weighted by Gasteiger charge is 2.13. The molecule has 106 valence electrons. The van der Waals surface area contributed by atoms with Crippen LogP contribution >= 0.6 is 0 Å². The Morgan fingerprint density at radius 1 is 1.24 bits per heavy atom. The number of methoxy groups -OCH3 is 1. The first kappa shape index (κ1) is 12.8. The van der Waals surface area contributed by atoms with E-state index in [0.29, 0.717) is 11.4 Å². The molecule has 1 amide bonds. The van der Waals surface area contributed by atoms with Crippen molar-refractivity contribution >= 4 is 11.9 Å². The van der Waals surface area contributed by atoms with Crippen LogP contribution in [0.5, 0.6) is 5.75 Å². The highest BCUT2D eigenvalue weighted by Crippen LogP contribution is 2.21. The predicted molar refractivity (Wildman–Crippen MR) is 72.7 cm³/mol. The molecule has 2 heterocycles. The summed E-state index contributed by atoms with van der Waals surface area (Å²) < 4.78 is 5.09. The maximum absolute atomic E-state index is 11.9. The molecule has 3 rings (SSSR count). The van der Waals surface area contributed by atoms with Crippen LogP contribution in [0.1, 0.15) is 10.5 Å². The molecule has 2 aromatic heterocycles. The van der Waals surface area contributed by atoms with E-state index in [9.17, 15) is 4.79 Å². The highest BCUT2D eigenvalue weighted by molar-refractivity contribution is 6.02. The van der Waals surface area contributed by atoms with Crippen molar-refractivity contribution in [3.8, 4) is 17.0 Å². The number of H-pyrrole nitrogens is 2. The van der Waals surface area contributed by atoms with Crippen LogP contribution in [0.3, 0.4) is 0 Å². The second kappa shape index (κ2) is 5.41. The van der Waals surface area contributed by atoms with Crippen LogP contribution in [0, 0.1) is 0 Å². The van der Waals surface area contributed by atoms with E-state index in [1.165, 1.54) is 0 Å². The van der Waals surface area contributed by atoms with Crippen molar-refractivity contribution in [2.45, 2.75) is 0 Å². The molecular formula is C12H11N7O2. The summed E-state index contributed by atoms with van der Waals surface area (Å²) in [7, 11) is 1.60. The number of tetrazole rings is 1. The second-order valence-corrected chi connectivity index (χ2v) is 4.08. The minimum Gasteiger partial charge on any atom is -0.497 e. The van der Waals surface area contributed by atoms with E-state index in [0.717, 1.165) is 11.3 Å². The molecule has 1 aromatic carbocycles. The van der Waals surface area contributed by atoms with Crippen molar-refractivity contribution in [3.05, 3.63) is 36.0 Å². The minimum atomic E-state index is -0.399. The fraction of sp³-hybridized carbons (Fsp3) is 0.0833. The summed E-state index contributed by atoms with van der Waals surface area (Å²) in [4.78, 5) is 11.9. The number of aromatic amines is 2. The van der Waals surface area contributed by atoms with Gasteiger partial charge >= 0.3 is 0 Å². The van der Waals surface area contributed by atoms with E-state index >= 15 is 0 Å². The van der Waals surface area contributed by atoms with Crippen LogP contribution in [0.25, 0.3) is 11.3 Å². The normalized spacial score (nSPS) is 10.3. The van der Waals surface area contributed by atoms with Crippen LogP contribution in [0.2, 0.25) is 0 Å². The molecule has 0 atom stereocenters. The molecule has 0 aliphatic rings. The highest BCUT2D eigenvalue weighted by atomic mass is 16.5. The van der Waals surface area contributed by atoms with Crippen LogP contribution in [-0.4, -0.2) is 43.8 Å². The SMILES string of the molecule is COc1ccc(-c2cc(C(=O)Nc3nn[nH]n3)[nH]n2)cc1. The van der Waals surface area contributed by atoms with E-state index < -0.39 is 5.91 Å². The molecule has 21 heavy (non-hydrogen) atoms. The van der Waals surface area contributed by atoms with Gasteiger partial charge in [-0.3, -0.25) is 15.2 Å². The summed E-state index contributed by atoms with van der Waals surface area (Å²) in [6.45, 7) is 0. The lowest BCUT2D eigenvalue weighted by Crippen LogP contribution is -2.13. The van der Waals surface area contributed by atoms with Crippen LogP contribution in [0.15, 0.2) is 30.3 Å². The number of anilines is 1. The zero-order valence-corrected chi connectivity index (χ0v) is 11.0. The zero-order chi connectivity index (χ0) is 14.7. The number of hydrogen-bond donors (Lipinski definition) is 3. The third kappa shape index (κ3) is 2.71. The summed E-state index contributed by atoms with van der Waals surface area (Å²) in [6, 6.07) is 9.00. The third-order valence-corrected chi connectivity index (χ3v) is 2.78. The van der Waals surface area contributed by atoms with Crippen molar-refractivity contribution in [1.29, 1.82) is 0 Å². The van der Waals surface area contributed by atoms with E-state index in [4.69, 9.17) is 4.74 Å². The number of amides is 1. The monoisotopic (exact) mass is 285 g/mol. The second-order valence-electron chi connectivity index (χ2n) is 4.08. The summed E-state index contributed by atoms with van der Waals surface area (Å²) in [5.41, 5.74) is 1.81. The first-order chi connectivity index (χ1) is 10.3. The molecule has 0 aliphatic heterocycles. The lowest BCUT2D eigenvalue weighted by molar-refractivity contribution is 0.102. The molecule has 0 saturated heterocycles. The minimum absolute atomic E-state index is 0.0978. The Morgan fingerprint density at radius 2 is 2.05 bits per heavy atom. The maximum Gasteiger partial charge on any atom is 0.276 e. The van der Waals surface area contributed by atoms with Crippen molar-refractivity contribution in [2.24, 2.45) is 0 Å². The Balaban J connectivity index is 1.77. The van der Waals surface area contributed by atoms with Gasteiger partial charge in [0.25, 0.3) is 11.9 Å². The fourth-order valence-corrected chi connectivity index (χ4v) is 1.73. The van der Waals surface area contributed by atoms with E-state index in [1.54, 1.807) is 13.2 Å². The Hall–Kier alpha value is -3.23. The molecular weight excluding hydrogens is 274 g/mol. The number of carbonyl (C=O) groups excluding carboxylic acids is 1. The first-order valence-corrected chi connectivity index (χ1v) is 6.01. The molecule has 3 aromatic rings. The van der Waals surface area contributed by atoms with E-state index in [-0.39, 0.29) is 5.95 Å². The summed E-state index contributed by atoms with van der Waals surface area (Å²) in [5.74, 6) is 0.452. The number of hydrogen-bond acceptors (Lipinski definition) is 6. The Kier molecular flexibility index (Phi) is 3.29. The van der Waals surface area contributed by atoms with Gasteiger partial charge in [0.2, 0.25) is 0 Å². The number of carbonyl (C=O) groups is 1. The molecule has 0 unspecified atom stereocenters. The van der Waals surface area contributed by atoms with Gasteiger partial charge in [0.1, 0.15) is 11.4 Å². The summed E-state index contributed by atoms with van der Waals surface area (Å²) in [6.07, 6.45) is 0. The van der Waals surface area contributed by atoms with Gasteiger partial charge < -0.3 is 4.74 Å². The number of rotatable bonds is 4. The molecule has 9 heteroatoms. The van der Waals surface area contributed by atoms with E-state index in [2.05, 4.69) is 36.1 Å². The van der Waals surface area contributed by atoms with Crippen molar-refractivity contribution in [1.82, 2.24) is 30.8 Å². The van der Waals surface area contributed by atoms with Gasteiger partial charge in [0.05, 0.1) is 12.8 Å². The maximum atomic E-state index is 11.9. The molecule has 0 saturated carbocycles. The Morgan fingerprint density at radius 3 is 2.71 bits per heavy atom. The predicted octanol–water partition coefficient (Wildman–Crippen LogP) is 0.851. The molecule has 0 fully saturated rings. The number of aromatic nitrogens is 6. The fourth-order valence-electron chi connectivity index (χ4n) is 1.73. The van der Waals surface area contributed by atoms with Gasteiger partial charge in [-0.1, -0.05) is 5.10 Å². The smallest absolute Gasteiger partial charge is 0.276 e. The molecule has 0 spiro atoms. The third-order valence-electron chi connectivity index (χ3n) is 2.78. The molecule has 0 aliphatic carbocycles. The van der Waals surface area contributed by atoms with Crippen LogP contribution < -0.4 is 10.1 Å². The average Bonchev–Trinajstić information content (AvgIpc) is 3.18. The largest absolute Gasteiger partial charge is 0.497 e.